The average molecular weight is 631 g/mol. The number of hydrogen-bond acceptors (Lipinski definition) is 5. The van der Waals surface area contributed by atoms with E-state index in [0.29, 0.717) is 18.2 Å². The second-order valence-corrected chi connectivity index (χ2v) is 9.58. The number of halogens is 10. The number of fused-ring (bicyclic) bond motifs is 2. The summed E-state index contributed by atoms with van der Waals surface area (Å²) in [6, 6.07) is 6.95. The summed E-state index contributed by atoms with van der Waals surface area (Å²) in [5.41, 5.74) is -13.8. The molecule has 5 aromatic carbocycles. The standard InChI is InChI=1S/C30H7F10N3O2/c31-25-23-16(26(44)21(18(23)9-42)11-1-2-12(8-41)20(5-11)30(38,39)40)7-17-24(25)19(10-43)22(27(17)45)13-3-14(28(32,33)34)6-15(4-13)29(35,36)37/h1-7H. The van der Waals surface area contributed by atoms with Crippen molar-refractivity contribution in [3.8, 4) is 40.5 Å². The third-order valence-electron chi connectivity index (χ3n) is 7.04. The van der Waals surface area contributed by atoms with E-state index in [4.69, 9.17) is 5.26 Å². The van der Waals surface area contributed by atoms with Crippen molar-refractivity contribution in [2.75, 3.05) is 0 Å². The Balaban J connectivity index is 1.89. The molecule has 0 amide bonds. The first kappa shape index (κ1) is 30.7. The summed E-state index contributed by atoms with van der Waals surface area (Å²) in [7, 11) is 0. The predicted molar refractivity (Wildman–Crippen MR) is 136 cm³/mol. The van der Waals surface area contributed by atoms with Crippen molar-refractivity contribution in [3.63, 3.8) is 0 Å². The molecule has 0 saturated heterocycles. The second kappa shape index (κ2) is 9.89. The molecule has 0 aromatic heterocycles. The molecule has 0 radical (unpaired) electrons. The van der Waals surface area contributed by atoms with Crippen LogP contribution in [0.1, 0.15) is 33.4 Å². The first-order chi connectivity index (χ1) is 20.8. The largest absolute Gasteiger partial charge is 0.417 e. The van der Waals surface area contributed by atoms with E-state index in [1.165, 1.54) is 18.2 Å². The van der Waals surface area contributed by atoms with Gasteiger partial charge in [-0.2, -0.15) is 55.3 Å². The lowest BCUT2D eigenvalue weighted by Gasteiger charge is -2.14. The van der Waals surface area contributed by atoms with Crippen molar-refractivity contribution in [1.29, 1.82) is 15.8 Å². The topological polar surface area (TPSA) is 106 Å². The van der Waals surface area contributed by atoms with Gasteiger partial charge in [-0.05, 0) is 47.5 Å². The fourth-order valence-corrected chi connectivity index (χ4v) is 5.15. The molecule has 0 aliphatic carbocycles. The van der Waals surface area contributed by atoms with Crippen LogP contribution in [0.3, 0.4) is 0 Å². The summed E-state index contributed by atoms with van der Waals surface area (Å²) in [4.78, 5) is 26.8. The lowest BCUT2D eigenvalue weighted by Crippen LogP contribution is -2.12. The molecule has 0 heterocycles. The minimum atomic E-state index is -5.34. The maximum atomic E-state index is 16.1. The number of rotatable bonds is 2. The molecule has 0 aliphatic heterocycles. The van der Waals surface area contributed by atoms with Gasteiger partial charge in [0.25, 0.3) is 0 Å². The first-order valence-electron chi connectivity index (χ1n) is 12.0. The van der Waals surface area contributed by atoms with E-state index in [1.54, 1.807) is 0 Å². The summed E-state index contributed by atoms with van der Waals surface area (Å²) in [5.74, 6) is -1.60. The van der Waals surface area contributed by atoms with Gasteiger partial charge in [0.2, 0.25) is 0 Å². The smallest absolute Gasteiger partial charge is 0.289 e. The highest BCUT2D eigenvalue weighted by atomic mass is 19.4. The predicted octanol–water partition coefficient (Wildman–Crippen LogP) is 7.73. The van der Waals surface area contributed by atoms with Crippen LogP contribution in [0, 0.1) is 39.8 Å². The Bertz CT molecular complexity index is 2290. The van der Waals surface area contributed by atoms with E-state index < -0.39 is 112 Å². The van der Waals surface area contributed by atoms with Gasteiger partial charge in [-0.25, -0.2) is 4.39 Å². The Labute approximate surface area is 242 Å². The summed E-state index contributed by atoms with van der Waals surface area (Å²) in [6.07, 6.45) is -15.8. The van der Waals surface area contributed by atoms with Gasteiger partial charge in [-0.1, -0.05) is 6.07 Å². The lowest BCUT2D eigenvalue weighted by molar-refractivity contribution is -0.143. The molecule has 15 heteroatoms. The molecule has 0 atom stereocenters. The molecule has 0 fully saturated rings. The van der Waals surface area contributed by atoms with Crippen LogP contribution in [0.5, 0.6) is 0 Å². The maximum Gasteiger partial charge on any atom is 0.417 e. The Morgan fingerprint density at radius 1 is 0.556 bits per heavy atom. The third kappa shape index (κ3) is 4.71. The van der Waals surface area contributed by atoms with Crippen LogP contribution in [-0.4, -0.2) is 0 Å². The summed E-state index contributed by atoms with van der Waals surface area (Å²) in [6.45, 7) is 0. The van der Waals surface area contributed by atoms with Crippen molar-refractivity contribution < 1.29 is 43.9 Å². The molecular weight excluding hydrogens is 624 g/mol. The van der Waals surface area contributed by atoms with Crippen LogP contribution in [0.25, 0.3) is 43.8 Å². The lowest BCUT2D eigenvalue weighted by atomic mass is 9.97. The van der Waals surface area contributed by atoms with E-state index in [0.717, 1.165) is 6.07 Å². The summed E-state index contributed by atoms with van der Waals surface area (Å²) >= 11 is 0. The van der Waals surface area contributed by atoms with Gasteiger partial charge in [0.1, 0.15) is 18.0 Å². The number of hydrogen-bond donors (Lipinski definition) is 0. The molecule has 0 unspecified atom stereocenters. The van der Waals surface area contributed by atoms with Crippen molar-refractivity contribution >= 4 is 21.5 Å². The molecule has 5 nitrogen and oxygen atoms in total. The molecule has 0 saturated carbocycles. The zero-order valence-electron chi connectivity index (χ0n) is 21.5. The van der Waals surface area contributed by atoms with E-state index in [-0.39, 0.29) is 18.2 Å². The Morgan fingerprint density at radius 2 is 1.02 bits per heavy atom. The average Bonchev–Trinajstić information content (AvgIpc) is 3.41. The monoisotopic (exact) mass is 631 g/mol. The van der Waals surface area contributed by atoms with Gasteiger partial charge in [0.15, 0.2) is 10.9 Å². The van der Waals surface area contributed by atoms with Gasteiger partial charge >= 0.3 is 18.5 Å². The second-order valence-electron chi connectivity index (χ2n) is 9.58. The minimum absolute atomic E-state index is 0.157. The van der Waals surface area contributed by atoms with E-state index in [2.05, 4.69) is 0 Å². The Hall–Kier alpha value is -5.75. The van der Waals surface area contributed by atoms with Crippen LogP contribution in [0.4, 0.5) is 43.9 Å². The van der Waals surface area contributed by atoms with E-state index >= 15 is 4.39 Å². The first-order valence-corrected chi connectivity index (χ1v) is 12.0. The number of alkyl halides is 9. The molecule has 0 bridgehead atoms. The van der Waals surface area contributed by atoms with Gasteiger partial charge < -0.3 is 0 Å². The maximum absolute atomic E-state index is 16.1. The quantitative estimate of drug-likeness (QED) is 0.186. The van der Waals surface area contributed by atoms with Crippen molar-refractivity contribution in [1.82, 2.24) is 0 Å². The van der Waals surface area contributed by atoms with E-state index in [1.807, 2.05) is 0 Å². The zero-order chi connectivity index (χ0) is 33.4. The molecule has 0 spiro atoms. The Morgan fingerprint density at radius 3 is 1.42 bits per heavy atom. The van der Waals surface area contributed by atoms with Gasteiger partial charge in [0.05, 0.1) is 39.4 Å². The van der Waals surface area contributed by atoms with E-state index in [9.17, 15) is 59.6 Å². The molecule has 5 rings (SSSR count). The summed E-state index contributed by atoms with van der Waals surface area (Å²) < 4.78 is 138. The van der Waals surface area contributed by atoms with Crippen molar-refractivity contribution in [2.24, 2.45) is 0 Å². The molecule has 0 N–H and O–H groups in total. The number of nitrogens with zero attached hydrogens (tertiary/aromatic N) is 3. The Kier molecular flexibility index (Phi) is 6.75. The minimum Gasteiger partial charge on any atom is -0.289 e. The van der Waals surface area contributed by atoms with Gasteiger partial charge in [0, 0.05) is 32.7 Å². The number of benzene rings is 3. The van der Waals surface area contributed by atoms with Gasteiger partial charge in [-0.3, -0.25) is 9.59 Å². The molecule has 5 aromatic rings. The SMILES string of the molecule is N#Cc1ccc(-c2c(C#N)c3c(F)c4c(C#N)c(-c5cc(C(F)(F)F)cc(C(F)(F)F)c5)c(=O)c4cc3c2=O)cc1C(F)(F)F. The normalized spacial score (nSPS) is 12.3. The zero-order valence-corrected chi connectivity index (χ0v) is 21.5. The highest BCUT2D eigenvalue weighted by Crippen LogP contribution is 2.42. The molecule has 0 aliphatic rings. The number of nitriles is 3. The fourth-order valence-electron chi connectivity index (χ4n) is 5.15. The highest BCUT2D eigenvalue weighted by Gasteiger charge is 2.39. The van der Waals surface area contributed by atoms with Gasteiger partial charge in [-0.15, -0.1) is 0 Å². The van der Waals surface area contributed by atoms with Crippen LogP contribution >= 0.6 is 0 Å². The van der Waals surface area contributed by atoms with Crippen molar-refractivity contribution in [3.05, 3.63) is 102 Å². The van der Waals surface area contributed by atoms with Crippen LogP contribution in [0.2, 0.25) is 0 Å². The van der Waals surface area contributed by atoms with Crippen LogP contribution in [-0.2, 0) is 18.5 Å². The molecular formula is C30H7F10N3O2. The highest BCUT2D eigenvalue weighted by molar-refractivity contribution is 6.10. The van der Waals surface area contributed by atoms with Crippen LogP contribution in [0.15, 0.2) is 52.1 Å². The van der Waals surface area contributed by atoms with Crippen LogP contribution < -0.4 is 10.9 Å². The fraction of sp³-hybridized carbons (Fsp3) is 0.100. The molecule has 45 heavy (non-hydrogen) atoms. The van der Waals surface area contributed by atoms with Crippen molar-refractivity contribution in [2.45, 2.75) is 18.5 Å². The summed E-state index contributed by atoms with van der Waals surface area (Å²) in [5, 5.41) is 25.3. The molecule has 224 valence electrons. The third-order valence-corrected chi connectivity index (χ3v) is 7.04.